The summed E-state index contributed by atoms with van der Waals surface area (Å²) in [5.74, 6) is 0.742. The van der Waals surface area contributed by atoms with E-state index in [1.54, 1.807) is 0 Å². The van der Waals surface area contributed by atoms with E-state index < -0.39 is 0 Å². The molecular weight excluding hydrogens is 162 g/mol. The van der Waals surface area contributed by atoms with Crippen molar-refractivity contribution in [1.29, 1.82) is 0 Å². The molecule has 13 heavy (non-hydrogen) atoms. The number of nitrogens with one attached hydrogen (secondary N) is 1. The highest BCUT2D eigenvalue weighted by Crippen LogP contribution is 2.18. The van der Waals surface area contributed by atoms with Crippen LogP contribution in [0.4, 0.5) is 0 Å². The quantitative estimate of drug-likeness (QED) is 0.641. The molecule has 1 fully saturated rings. The van der Waals surface area contributed by atoms with E-state index in [9.17, 15) is 5.11 Å². The molecule has 0 aromatic carbocycles. The Bertz CT molecular complexity index is 138. The molecule has 1 aliphatic rings. The predicted octanol–water partition coefficient (Wildman–Crippen LogP) is 1.93. The zero-order chi connectivity index (χ0) is 9.68. The lowest BCUT2D eigenvalue weighted by Crippen LogP contribution is -2.34. The molecule has 1 saturated heterocycles. The van der Waals surface area contributed by atoms with Crippen LogP contribution < -0.4 is 5.32 Å². The molecule has 0 aliphatic carbocycles. The van der Waals surface area contributed by atoms with Gasteiger partial charge in [-0.05, 0) is 25.3 Å². The smallest absolute Gasteiger partial charge is 0.0693 e. The van der Waals surface area contributed by atoms with E-state index in [4.69, 9.17) is 0 Å². The summed E-state index contributed by atoms with van der Waals surface area (Å²) in [6.07, 6.45) is 5.66. The maximum absolute atomic E-state index is 9.83. The molecule has 0 amide bonds. The molecule has 1 unspecified atom stereocenters. The largest absolute Gasteiger partial charge is 0.392 e. The minimum atomic E-state index is -0.114. The van der Waals surface area contributed by atoms with Gasteiger partial charge in [-0.2, -0.15) is 0 Å². The number of aliphatic hydroxyl groups excluding tert-OH is 1. The average Bonchev–Trinajstić information content (AvgIpc) is 2.52. The van der Waals surface area contributed by atoms with Gasteiger partial charge in [-0.15, -0.1) is 0 Å². The summed E-state index contributed by atoms with van der Waals surface area (Å²) in [6, 6.07) is 0.367. The lowest BCUT2D eigenvalue weighted by Gasteiger charge is -2.17. The van der Waals surface area contributed by atoms with Crippen molar-refractivity contribution < 1.29 is 5.11 Å². The Morgan fingerprint density at radius 2 is 2.23 bits per heavy atom. The van der Waals surface area contributed by atoms with E-state index in [1.165, 1.54) is 19.3 Å². The van der Waals surface area contributed by atoms with Crippen LogP contribution in [0.2, 0.25) is 0 Å². The Morgan fingerprint density at radius 1 is 1.46 bits per heavy atom. The number of unbranched alkanes of at least 4 members (excludes halogenated alkanes) is 2. The van der Waals surface area contributed by atoms with Crippen molar-refractivity contribution in [3.05, 3.63) is 0 Å². The first-order valence-corrected chi connectivity index (χ1v) is 5.65. The van der Waals surface area contributed by atoms with E-state index in [1.807, 2.05) is 0 Å². The highest BCUT2D eigenvalue weighted by Gasteiger charge is 2.26. The first-order chi connectivity index (χ1) is 6.24. The molecule has 2 nitrogen and oxygen atoms in total. The standard InChI is InChI=1S/C11H23NO/c1-3-4-5-6-11(13)10-7-9(2)8-12-10/h9-13H,3-8H2,1-2H3/t9-,10+,11?/m0/s1. The summed E-state index contributed by atoms with van der Waals surface area (Å²) >= 11 is 0. The molecule has 1 aliphatic heterocycles. The maximum Gasteiger partial charge on any atom is 0.0693 e. The second-order valence-corrected chi connectivity index (χ2v) is 4.42. The van der Waals surface area contributed by atoms with Crippen molar-refractivity contribution in [3.8, 4) is 0 Å². The summed E-state index contributed by atoms with van der Waals surface area (Å²) in [7, 11) is 0. The third-order valence-electron chi connectivity index (χ3n) is 2.95. The molecule has 78 valence electrons. The summed E-state index contributed by atoms with van der Waals surface area (Å²) in [4.78, 5) is 0. The van der Waals surface area contributed by atoms with Crippen molar-refractivity contribution >= 4 is 0 Å². The fraction of sp³-hybridized carbons (Fsp3) is 1.00. The van der Waals surface area contributed by atoms with Crippen molar-refractivity contribution in [1.82, 2.24) is 5.32 Å². The lowest BCUT2D eigenvalue weighted by atomic mass is 10.00. The molecule has 0 bridgehead atoms. The molecule has 0 spiro atoms. The van der Waals surface area contributed by atoms with Crippen LogP contribution in [0.1, 0.15) is 46.0 Å². The second-order valence-electron chi connectivity index (χ2n) is 4.42. The summed E-state index contributed by atoms with van der Waals surface area (Å²) in [6.45, 7) is 5.52. The van der Waals surface area contributed by atoms with Gasteiger partial charge in [-0.1, -0.05) is 33.1 Å². The fourth-order valence-corrected chi connectivity index (χ4v) is 2.05. The summed E-state index contributed by atoms with van der Waals surface area (Å²) in [5, 5.41) is 13.2. The van der Waals surface area contributed by atoms with Crippen molar-refractivity contribution in [3.63, 3.8) is 0 Å². The molecule has 1 heterocycles. The van der Waals surface area contributed by atoms with Gasteiger partial charge >= 0.3 is 0 Å². The van der Waals surface area contributed by atoms with Crippen molar-refractivity contribution in [2.75, 3.05) is 6.54 Å². The minimum Gasteiger partial charge on any atom is -0.392 e. The van der Waals surface area contributed by atoms with Crippen LogP contribution in [0.25, 0.3) is 0 Å². The van der Waals surface area contributed by atoms with E-state index in [0.29, 0.717) is 6.04 Å². The van der Waals surface area contributed by atoms with Gasteiger partial charge in [0.1, 0.15) is 0 Å². The molecule has 0 aromatic heterocycles. The van der Waals surface area contributed by atoms with E-state index in [0.717, 1.165) is 25.3 Å². The van der Waals surface area contributed by atoms with Crippen LogP contribution in [0.15, 0.2) is 0 Å². The monoisotopic (exact) mass is 185 g/mol. The molecular formula is C11H23NO. The minimum absolute atomic E-state index is 0.114. The molecule has 1 rings (SSSR count). The van der Waals surface area contributed by atoms with Gasteiger partial charge in [-0.3, -0.25) is 0 Å². The Labute approximate surface area is 81.7 Å². The van der Waals surface area contributed by atoms with Gasteiger partial charge in [0, 0.05) is 6.04 Å². The first-order valence-electron chi connectivity index (χ1n) is 5.65. The number of hydrogen-bond donors (Lipinski definition) is 2. The van der Waals surface area contributed by atoms with Crippen molar-refractivity contribution in [2.24, 2.45) is 5.92 Å². The first kappa shape index (κ1) is 11.0. The third-order valence-corrected chi connectivity index (χ3v) is 2.95. The SMILES string of the molecule is CCCCCC(O)[C@H]1C[C@H](C)CN1. The fourth-order valence-electron chi connectivity index (χ4n) is 2.05. The van der Waals surface area contributed by atoms with Crippen molar-refractivity contribution in [2.45, 2.75) is 58.1 Å². The van der Waals surface area contributed by atoms with Gasteiger partial charge < -0.3 is 10.4 Å². The summed E-state index contributed by atoms with van der Waals surface area (Å²) in [5.41, 5.74) is 0. The number of rotatable bonds is 5. The normalized spacial score (nSPS) is 30.7. The van der Waals surface area contributed by atoms with Gasteiger partial charge in [-0.25, -0.2) is 0 Å². The van der Waals surface area contributed by atoms with Gasteiger partial charge in [0.15, 0.2) is 0 Å². The maximum atomic E-state index is 9.83. The molecule has 0 aromatic rings. The Morgan fingerprint density at radius 3 is 2.77 bits per heavy atom. The van der Waals surface area contributed by atoms with Crippen LogP contribution in [0, 0.1) is 5.92 Å². The lowest BCUT2D eigenvalue weighted by molar-refractivity contribution is 0.122. The van der Waals surface area contributed by atoms with E-state index in [-0.39, 0.29) is 6.10 Å². The topological polar surface area (TPSA) is 32.3 Å². The molecule has 2 heteroatoms. The van der Waals surface area contributed by atoms with Crippen LogP contribution in [0.5, 0.6) is 0 Å². The third kappa shape index (κ3) is 3.65. The Hall–Kier alpha value is -0.0800. The Kier molecular flexibility index (Phi) is 4.74. The predicted molar refractivity (Wildman–Crippen MR) is 55.7 cm³/mol. The highest BCUT2D eigenvalue weighted by atomic mass is 16.3. The average molecular weight is 185 g/mol. The molecule has 0 radical (unpaired) electrons. The highest BCUT2D eigenvalue weighted by molar-refractivity contribution is 4.84. The zero-order valence-corrected chi connectivity index (χ0v) is 8.92. The van der Waals surface area contributed by atoms with Crippen LogP contribution in [-0.4, -0.2) is 23.8 Å². The van der Waals surface area contributed by atoms with E-state index in [2.05, 4.69) is 19.2 Å². The van der Waals surface area contributed by atoms with E-state index >= 15 is 0 Å². The molecule has 0 saturated carbocycles. The van der Waals surface area contributed by atoms with Gasteiger partial charge in [0.2, 0.25) is 0 Å². The van der Waals surface area contributed by atoms with Crippen LogP contribution in [-0.2, 0) is 0 Å². The molecule has 3 atom stereocenters. The van der Waals surface area contributed by atoms with Crippen LogP contribution >= 0.6 is 0 Å². The summed E-state index contributed by atoms with van der Waals surface area (Å²) < 4.78 is 0. The Balaban J connectivity index is 2.12. The van der Waals surface area contributed by atoms with Gasteiger partial charge in [0.05, 0.1) is 6.10 Å². The second kappa shape index (κ2) is 5.61. The van der Waals surface area contributed by atoms with Gasteiger partial charge in [0.25, 0.3) is 0 Å². The number of hydrogen-bond acceptors (Lipinski definition) is 2. The number of aliphatic hydroxyl groups is 1. The van der Waals surface area contributed by atoms with Crippen LogP contribution in [0.3, 0.4) is 0 Å². The zero-order valence-electron chi connectivity index (χ0n) is 8.92. The molecule has 2 N–H and O–H groups in total.